The molecule has 2 heterocycles. The summed E-state index contributed by atoms with van der Waals surface area (Å²) >= 11 is 0. The number of pyridine rings is 1. The van der Waals surface area contributed by atoms with E-state index in [-0.39, 0.29) is 6.04 Å². The highest BCUT2D eigenvalue weighted by molar-refractivity contribution is 5.79. The van der Waals surface area contributed by atoms with Crippen molar-refractivity contribution in [1.29, 1.82) is 0 Å². The Hall–Kier alpha value is -2.13. The number of H-pyrrole nitrogens is 1. The van der Waals surface area contributed by atoms with Crippen LogP contribution in [0.25, 0.3) is 10.9 Å². The van der Waals surface area contributed by atoms with Crippen LogP contribution in [0, 0.1) is 0 Å². The molecule has 1 atom stereocenters. The second-order valence-corrected chi connectivity index (χ2v) is 4.08. The van der Waals surface area contributed by atoms with Crippen molar-refractivity contribution < 1.29 is 0 Å². The van der Waals surface area contributed by atoms with Crippen molar-refractivity contribution in [2.75, 3.05) is 0 Å². The molecule has 3 rings (SSSR count). The van der Waals surface area contributed by atoms with Crippen LogP contribution in [-0.2, 0) is 0 Å². The number of benzene rings is 1. The fourth-order valence-corrected chi connectivity index (χ4v) is 2.00. The van der Waals surface area contributed by atoms with Gasteiger partial charge < -0.3 is 10.7 Å². The van der Waals surface area contributed by atoms with Crippen LogP contribution < -0.4 is 5.73 Å². The minimum atomic E-state index is -0.122. The van der Waals surface area contributed by atoms with Crippen molar-refractivity contribution in [3.05, 3.63) is 66.1 Å². The van der Waals surface area contributed by atoms with Crippen LogP contribution in [0.15, 0.2) is 54.9 Å². The standard InChI is InChI=1S/C14H13N3/c15-14(10-4-2-1-3-5-10)12-8-11-6-7-16-9-13(11)17-12/h1-9,14,17H,15H2/t14-/m1/s1. The maximum atomic E-state index is 6.23. The van der Waals surface area contributed by atoms with E-state index in [0.717, 1.165) is 22.2 Å². The molecular weight excluding hydrogens is 210 g/mol. The maximum absolute atomic E-state index is 6.23. The lowest BCUT2D eigenvalue weighted by atomic mass is 10.1. The lowest BCUT2D eigenvalue weighted by molar-refractivity contribution is 0.842. The maximum Gasteiger partial charge on any atom is 0.0704 e. The summed E-state index contributed by atoms with van der Waals surface area (Å²) in [6, 6.07) is 14.0. The summed E-state index contributed by atoms with van der Waals surface area (Å²) in [6.07, 6.45) is 3.60. The number of nitrogens with two attached hydrogens (primary N) is 1. The van der Waals surface area contributed by atoms with Crippen LogP contribution in [0.4, 0.5) is 0 Å². The first-order chi connectivity index (χ1) is 8.34. The quantitative estimate of drug-likeness (QED) is 0.701. The molecule has 3 N–H and O–H groups in total. The summed E-state index contributed by atoms with van der Waals surface area (Å²) in [7, 11) is 0. The largest absolute Gasteiger partial charge is 0.356 e. The number of rotatable bonds is 2. The van der Waals surface area contributed by atoms with E-state index in [0.29, 0.717) is 0 Å². The van der Waals surface area contributed by atoms with Gasteiger partial charge in [-0.3, -0.25) is 4.98 Å². The number of hydrogen-bond donors (Lipinski definition) is 2. The molecule has 3 nitrogen and oxygen atoms in total. The average Bonchev–Trinajstić information content (AvgIpc) is 2.82. The Bertz CT molecular complexity index is 595. The predicted molar refractivity (Wildman–Crippen MR) is 68.6 cm³/mol. The molecule has 0 spiro atoms. The van der Waals surface area contributed by atoms with Crippen LogP contribution in [0.5, 0.6) is 0 Å². The van der Waals surface area contributed by atoms with Gasteiger partial charge in [0, 0.05) is 17.3 Å². The molecule has 0 bridgehead atoms. The van der Waals surface area contributed by atoms with Crippen LogP contribution in [0.1, 0.15) is 17.3 Å². The molecule has 17 heavy (non-hydrogen) atoms. The van der Waals surface area contributed by atoms with Crippen LogP contribution >= 0.6 is 0 Å². The minimum absolute atomic E-state index is 0.122. The van der Waals surface area contributed by atoms with Gasteiger partial charge in [-0.2, -0.15) is 0 Å². The van der Waals surface area contributed by atoms with Crippen molar-refractivity contribution in [2.45, 2.75) is 6.04 Å². The van der Waals surface area contributed by atoms with Crippen molar-refractivity contribution in [2.24, 2.45) is 5.73 Å². The number of nitrogens with one attached hydrogen (secondary N) is 1. The van der Waals surface area contributed by atoms with E-state index in [1.54, 1.807) is 6.20 Å². The van der Waals surface area contributed by atoms with E-state index >= 15 is 0 Å². The second-order valence-electron chi connectivity index (χ2n) is 4.08. The van der Waals surface area contributed by atoms with E-state index in [2.05, 4.69) is 16.0 Å². The zero-order chi connectivity index (χ0) is 11.7. The fourth-order valence-electron chi connectivity index (χ4n) is 2.00. The van der Waals surface area contributed by atoms with E-state index in [4.69, 9.17) is 5.73 Å². The highest BCUT2D eigenvalue weighted by Gasteiger charge is 2.10. The summed E-state index contributed by atoms with van der Waals surface area (Å²) in [4.78, 5) is 7.39. The first-order valence-electron chi connectivity index (χ1n) is 5.58. The monoisotopic (exact) mass is 223 g/mol. The topological polar surface area (TPSA) is 54.7 Å². The fraction of sp³-hybridized carbons (Fsp3) is 0.0714. The van der Waals surface area contributed by atoms with Gasteiger partial charge >= 0.3 is 0 Å². The first-order valence-corrected chi connectivity index (χ1v) is 5.58. The Balaban J connectivity index is 2.04. The Morgan fingerprint density at radius 1 is 1.12 bits per heavy atom. The number of aromatic nitrogens is 2. The average molecular weight is 223 g/mol. The minimum Gasteiger partial charge on any atom is -0.356 e. The number of hydrogen-bond acceptors (Lipinski definition) is 2. The lowest BCUT2D eigenvalue weighted by Gasteiger charge is -2.09. The zero-order valence-electron chi connectivity index (χ0n) is 9.30. The number of aromatic amines is 1. The molecule has 0 aliphatic rings. The van der Waals surface area contributed by atoms with Gasteiger partial charge in [0.15, 0.2) is 0 Å². The smallest absolute Gasteiger partial charge is 0.0704 e. The molecule has 0 aliphatic carbocycles. The van der Waals surface area contributed by atoms with Gasteiger partial charge in [-0.15, -0.1) is 0 Å². The third-order valence-electron chi connectivity index (χ3n) is 2.94. The molecule has 1 aromatic carbocycles. The van der Waals surface area contributed by atoms with Gasteiger partial charge in [0.05, 0.1) is 17.8 Å². The summed E-state index contributed by atoms with van der Waals surface area (Å²) in [6.45, 7) is 0. The van der Waals surface area contributed by atoms with Gasteiger partial charge in [0.2, 0.25) is 0 Å². The molecule has 2 aromatic heterocycles. The third kappa shape index (κ3) is 1.81. The molecule has 0 fully saturated rings. The molecule has 0 aliphatic heterocycles. The summed E-state index contributed by atoms with van der Waals surface area (Å²) < 4.78 is 0. The molecule has 0 radical (unpaired) electrons. The summed E-state index contributed by atoms with van der Waals surface area (Å²) in [5, 5.41) is 1.14. The lowest BCUT2D eigenvalue weighted by Crippen LogP contribution is -2.11. The molecule has 0 saturated heterocycles. The van der Waals surface area contributed by atoms with Gasteiger partial charge in [0.25, 0.3) is 0 Å². The molecular formula is C14H13N3. The molecule has 3 aromatic rings. The van der Waals surface area contributed by atoms with Gasteiger partial charge in [-0.25, -0.2) is 0 Å². The Labute approximate surface area is 99.3 Å². The van der Waals surface area contributed by atoms with Gasteiger partial charge in [0.1, 0.15) is 0 Å². The van der Waals surface area contributed by atoms with E-state index in [9.17, 15) is 0 Å². The Morgan fingerprint density at radius 3 is 2.71 bits per heavy atom. The first kappa shape index (κ1) is 10.1. The molecule has 0 unspecified atom stereocenters. The van der Waals surface area contributed by atoms with Gasteiger partial charge in [-0.1, -0.05) is 30.3 Å². The Kier molecular flexibility index (Phi) is 2.38. The van der Waals surface area contributed by atoms with Crippen molar-refractivity contribution >= 4 is 10.9 Å². The highest BCUT2D eigenvalue weighted by atomic mass is 14.8. The molecule has 0 amide bonds. The van der Waals surface area contributed by atoms with Gasteiger partial charge in [-0.05, 0) is 17.7 Å². The van der Waals surface area contributed by atoms with Crippen molar-refractivity contribution in [3.63, 3.8) is 0 Å². The zero-order valence-corrected chi connectivity index (χ0v) is 9.30. The SMILES string of the molecule is N[C@H](c1ccccc1)c1cc2ccncc2[nH]1. The number of fused-ring (bicyclic) bond motifs is 1. The summed E-state index contributed by atoms with van der Waals surface area (Å²) in [5.41, 5.74) is 9.37. The molecule has 3 heteroatoms. The molecule has 0 saturated carbocycles. The normalized spacial score (nSPS) is 12.8. The van der Waals surface area contributed by atoms with E-state index in [1.807, 2.05) is 42.6 Å². The van der Waals surface area contributed by atoms with Crippen LogP contribution in [0.3, 0.4) is 0 Å². The number of nitrogens with zero attached hydrogens (tertiary/aromatic N) is 1. The molecule has 84 valence electrons. The Morgan fingerprint density at radius 2 is 1.94 bits per heavy atom. The van der Waals surface area contributed by atoms with E-state index in [1.165, 1.54) is 0 Å². The van der Waals surface area contributed by atoms with E-state index < -0.39 is 0 Å². The van der Waals surface area contributed by atoms with Crippen molar-refractivity contribution in [1.82, 2.24) is 9.97 Å². The third-order valence-corrected chi connectivity index (χ3v) is 2.94. The predicted octanol–water partition coefficient (Wildman–Crippen LogP) is 2.61. The highest BCUT2D eigenvalue weighted by Crippen LogP contribution is 2.22. The summed E-state index contributed by atoms with van der Waals surface area (Å²) in [5.74, 6) is 0. The van der Waals surface area contributed by atoms with Crippen LogP contribution in [0.2, 0.25) is 0 Å². The van der Waals surface area contributed by atoms with Crippen molar-refractivity contribution in [3.8, 4) is 0 Å². The van der Waals surface area contributed by atoms with Crippen LogP contribution in [-0.4, -0.2) is 9.97 Å². The second kappa shape index (κ2) is 4.03.